The molecule has 1 unspecified atom stereocenters. The van der Waals surface area contributed by atoms with Crippen molar-refractivity contribution in [3.63, 3.8) is 0 Å². The highest BCUT2D eigenvalue weighted by Crippen LogP contribution is 2.64. The first-order valence-electron chi connectivity index (χ1n) is 20.5. The topological polar surface area (TPSA) is 221 Å². The van der Waals surface area contributed by atoms with Crippen LogP contribution in [0.3, 0.4) is 0 Å². The normalized spacial score (nSPS) is 31.9. The third-order valence-electron chi connectivity index (χ3n) is 13.3. The summed E-state index contributed by atoms with van der Waals surface area (Å²) in [4.78, 5) is 83.4. The summed E-state index contributed by atoms with van der Waals surface area (Å²) in [6, 6.07) is 23.0. The Morgan fingerprint density at radius 1 is 0.806 bits per heavy atom. The Hall–Kier alpha value is -5.74. The first-order chi connectivity index (χ1) is 29.3. The van der Waals surface area contributed by atoms with Gasteiger partial charge in [0.25, 0.3) is 5.91 Å². The Morgan fingerprint density at radius 3 is 1.94 bits per heavy atom. The maximum absolute atomic E-state index is 15.5. The van der Waals surface area contributed by atoms with Gasteiger partial charge < -0.3 is 44.3 Å². The Morgan fingerprint density at radius 2 is 1.39 bits per heavy atom. The molecular weight excluding hydrogens is 803 g/mol. The number of hydrogen-bond donors (Lipinski definition) is 4. The summed E-state index contributed by atoms with van der Waals surface area (Å²) < 4.78 is 30.2. The van der Waals surface area contributed by atoms with Crippen LogP contribution in [-0.2, 0) is 42.9 Å². The minimum atomic E-state index is -2.36. The number of carbonyl (C=O) groups is 6. The standard InChI is InChI=1S/C47H51NO14/c1-25-32(60-43(56)35(52)34(28-16-10-7-11-17-28)48-41(54)29-18-12-8-13-19-29)23-47(57)40(61-42(55)30-20-14-9-15-21-30)37-45(6,22-31(51)39-46(37,24-58-39)62-27(3)50)38(53)36(59-26(2)49)33(25)44(47,4)5/h7-21,31-32,34-37,39-40,51-52,57H,22-24H2,1-6H3,(H,48,54)/t31-,32+,34+,35-,36-,37?,39-,40+,45-,46-,47-/m1/s1. The van der Waals surface area contributed by atoms with Gasteiger partial charge in [0.2, 0.25) is 0 Å². The van der Waals surface area contributed by atoms with Gasteiger partial charge in [0.05, 0.1) is 30.2 Å². The lowest BCUT2D eigenvalue weighted by Gasteiger charge is -2.67. The number of fused-ring (bicyclic) bond motifs is 5. The fourth-order valence-corrected chi connectivity index (χ4v) is 10.3. The second-order valence-electron chi connectivity index (χ2n) is 17.4. The molecule has 1 aliphatic heterocycles. The molecule has 328 valence electrons. The van der Waals surface area contributed by atoms with E-state index in [2.05, 4.69) is 5.32 Å². The van der Waals surface area contributed by atoms with Gasteiger partial charge in [-0.15, -0.1) is 0 Å². The summed E-state index contributed by atoms with van der Waals surface area (Å²) in [5.74, 6) is -6.64. The fourth-order valence-electron chi connectivity index (χ4n) is 10.3. The van der Waals surface area contributed by atoms with Gasteiger partial charge in [-0.2, -0.15) is 0 Å². The molecule has 3 aromatic rings. The zero-order valence-corrected chi connectivity index (χ0v) is 35.2. The van der Waals surface area contributed by atoms with E-state index in [1.165, 1.54) is 26.0 Å². The van der Waals surface area contributed by atoms with Crippen LogP contribution in [0.4, 0.5) is 0 Å². The van der Waals surface area contributed by atoms with Crippen LogP contribution in [0.25, 0.3) is 0 Å². The molecule has 3 aliphatic carbocycles. The molecule has 1 amide bonds. The van der Waals surface area contributed by atoms with E-state index < -0.39 is 113 Å². The predicted octanol–water partition coefficient (Wildman–Crippen LogP) is 3.74. The second kappa shape index (κ2) is 16.5. The Balaban J connectivity index is 1.38. The van der Waals surface area contributed by atoms with Crippen molar-refractivity contribution in [2.45, 2.75) is 108 Å². The van der Waals surface area contributed by atoms with Crippen molar-refractivity contribution in [2.24, 2.45) is 16.7 Å². The Bertz CT molecular complexity index is 2280. The molecule has 11 atom stereocenters. The molecule has 4 aliphatic rings. The molecule has 62 heavy (non-hydrogen) atoms. The number of Topliss-reactive ketones (excluding diaryl/α,β-unsaturated/α-hetero) is 1. The zero-order chi connectivity index (χ0) is 44.9. The third kappa shape index (κ3) is 7.40. The molecule has 2 bridgehead atoms. The highest BCUT2D eigenvalue weighted by Gasteiger charge is 2.78. The van der Waals surface area contributed by atoms with E-state index in [9.17, 15) is 39.3 Å². The molecule has 3 aromatic carbocycles. The number of ketones is 1. The quantitative estimate of drug-likeness (QED) is 0.130. The molecule has 7 rings (SSSR count). The van der Waals surface area contributed by atoms with Crippen LogP contribution in [0, 0.1) is 16.7 Å². The van der Waals surface area contributed by atoms with E-state index in [0.717, 1.165) is 13.8 Å². The van der Waals surface area contributed by atoms with E-state index in [-0.39, 0.29) is 35.3 Å². The van der Waals surface area contributed by atoms with Crippen molar-refractivity contribution in [3.8, 4) is 0 Å². The van der Waals surface area contributed by atoms with E-state index in [4.69, 9.17) is 23.7 Å². The average Bonchev–Trinajstić information content (AvgIpc) is 3.22. The number of amides is 1. The third-order valence-corrected chi connectivity index (χ3v) is 13.3. The lowest BCUT2D eigenvalue weighted by Crippen LogP contribution is -2.82. The largest absolute Gasteiger partial charge is 0.456 e. The van der Waals surface area contributed by atoms with Gasteiger partial charge in [-0.3, -0.25) is 19.2 Å². The predicted molar refractivity (Wildman–Crippen MR) is 218 cm³/mol. The zero-order valence-electron chi connectivity index (χ0n) is 35.2. The number of benzene rings is 3. The number of aliphatic hydroxyl groups is 3. The molecule has 1 heterocycles. The highest BCUT2D eigenvalue weighted by atomic mass is 16.6. The van der Waals surface area contributed by atoms with Crippen LogP contribution in [0.2, 0.25) is 0 Å². The SMILES string of the molecule is CC(=O)O[C@H]1C(=O)[C@]2(C)C[C@@H](O)[C@H]3OC[C@@]3(OC(C)=O)C2[C@H](OC(=O)c2ccccc2)[C@]2(O)C[C@H](OC(=O)[C@H](O)[C@@H](NC(=O)c3ccccc3)c3ccccc3)C(C)=C1C2(C)C. The average molecular weight is 854 g/mol. The van der Waals surface area contributed by atoms with E-state index in [0.29, 0.717) is 5.56 Å². The molecule has 1 saturated heterocycles. The van der Waals surface area contributed by atoms with Crippen LogP contribution in [0.15, 0.2) is 102 Å². The number of nitrogens with one attached hydrogen (secondary N) is 1. The summed E-state index contributed by atoms with van der Waals surface area (Å²) in [5.41, 5.74) is -6.79. The molecule has 3 fully saturated rings. The number of rotatable bonds is 10. The van der Waals surface area contributed by atoms with Gasteiger partial charge in [-0.25, -0.2) is 9.59 Å². The number of aliphatic hydroxyl groups excluding tert-OH is 2. The van der Waals surface area contributed by atoms with E-state index >= 15 is 4.79 Å². The molecule has 0 aromatic heterocycles. The van der Waals surface area contributed by atoms with Crippen molar-refractivity contribution in [3.05, 3.63) is 119 Å². The molecule has 4 N–H and O–H groups in total. The number of esters is 4. The maximum atomic E-state index is 15.5. The summed E-state index contributed by atoms with van der Waals surface area (Å²) in [6.07, 6.45) is -10.5. The van der Waals surface area contributed by atoms with Gasteiger partial charge in [0.1, 0.15) is 23.9 Å². The first kappa shape index (κ1) is 44.3. The highest BCUT2D eigenvalue weighted by molar-refractivity contribution is 5.96. The van der Waals surface area contributed by atoms with Crippen molar-refractivity contribution < 1.29 is 67.8 Å². The summed E-state index contributed by atoms with van der Waals surface area (Å²) in [7, 11) is 0. The van der Waals surface area contributed by atoms with Gasteiger partial charge in [0, 0.05) is 36.7 Å². The molecule has 2 saturated carbocycles. The lowest BCUT2D eigenvalue weighted by atomic mass is 9.45. The van der Waals surface area contributed by atoms with Gasteiger partial charge in [-0.05, 0) is 54.3 Å². The van der Waals surface area contributed by atoms with Crippen molar-refractivity contribution in [1.29, 1.82) is 0 Å². The molecule has 0 radical (unpaired) electrons. The minimum absolute atomic E-state index is 0.0270. The number of carbonyl (C=O) groups excluding carboxylic acids is 6. The Kier molecular flexibility index (Phi) is 11.8. The van der Waals surface area contributed by atoms with E-state index in [1.54, 1.807) is 92.7 Å². The second-order valence-corrected chi connectivity index (χ2v) is 17.4. The van der Waals surface area contributed by atoms with Crippen molar-refractivity contribution >= 4 is 35.6 Å². The van der Waals surface area contributed by atoms with Crippen molar-refractivity contribution in [1.82, 2.24) is 5.32 Å². The Labute approximate surface area is 358 Å². The van der Waals surface area contributed by atoms with Gasteiger partial charge in [-0.1, -0.05) is 87.5 Å². The van der Waals surface area contributed by atoms with Crippen molar-refractivity contribution in [2.75, 3.05) is 6.61 Å². The fraction of sp³-hybridized carbons (Fsp3) is 0.447. The van der Waals surface area contributed by atoms with Crippen LogP contribution in [0.5, 0.6) is 0 Å². The maximum Gasteiger partial charge on any atom is 0.338 e. The van der Waals surface area contributed by atoms with E-state index in [1.807, 2.05) is 0 Å². The monoisotopic (exact) mass is 853 g/mol. The molecule has 0 spiro atoms. The van der Waals surface area contributed by atoms with Crippen LogP contribution < -0.4 is 5.32 Å². The smallest absolute Gasteiger partial charge is 0.338 e. The molecule has 15 heteroatoms. The minimum Gasteiger partial charge on any atom is -0.456 e. The summed E-state index contributed by atoms with van der Waals surface area (Å²) in [5, 5.41) is 39.8. The lowest BCUT2D eigenvalue weighted by molar-refractivity contribution is -0.352. The number of hydrogen-bond acceptors (Lipinski definition) is 14. The van der Waals surface area contributed by atoms with Crippen LogP contribution in [-0.4, -0.2) is 105 Å². The summed E-state index contributed by atoms with van der Waals surface area (Å²) in [6.45, 7) is 8.04. The van der Waals surface area contributed by atoms with Gasteiger partial charge >= 0.3 is 23.9 Å². The summed E-state index contributed by atoms with van der Waals surface area (Å²) >= 11 is 0. The van der Waals surface area contributed by atoms with Gasteiger partial charge in [0.15, 0.2) is 23.6 Å². The van der Waals surface area contributed by atoms with Crippen LogP contribution in [0.1, 0.15) is 86.7 Å². The molecule has 15 nitrogen and oxygen atoms in total. The first-order valence-corrected chi connectivity index (χ1v) is 20.5. The number of ether oxygens (including phenoxy) is 5. The molecular formula is C47H51NO14. The van der Waals surface area contributed by atoms with Crippen LogP contribution >= 0.6 is 0 Å².